The van der Waals surface area contributed by atoms with Crippen LogP contribution in [0.1, 0.15) is 22.7 Å². The molecule has 0 bridgehead atoms. The van der Waals surface area contributed by atoms with E-state index in [2.05, 4.69) is 31.4 Å². The fourth-order valence-corrected chi connectivity index (χ4v) is 3.11. The standard InChI is InChI=1S/C19H21N5O2/c1(3-16-4-2-11-25-16)8-24-9-5-17-18(6-10-24)21-14-22-19(17)20-13-15-7-12-26-23-15/h1-4,7,11-12,14H,5-6,8-10,13H2,(H,20,21,22)/b3-1+. The molecule has 26 heavy (non-hydrogen) atoms. The highest BCUT2D eigenvalue weighted by Crippen LogP contribution is 2.21. The van der Waals surface area contributed by atoms with Crippen LogP contribution < -0.4 is 5.32 Å². The summed E-state index contributed by atoms with van der Waals surface area (Å²) in [5, 5.41) is 7.29. The third kappa shape index (κ3) is 4.00. The molecule has 0 fully saturated rings. The first kappa shape index (κ1) is 16.5. The fraction of sp³-hybridized carbons (Fsp3) is 0.316. The molecular weight excluding hydrogens is 330 g/mol. The average Bonchev–Trinajstić information content (AvgIpc) is 3.33. The second kappa shape index (κ2) is 7.97. The van der Waals surface area contributed by atoms with Crippen LogP contribution in [-0.4, -0.2) is 39.7 Å². The van der Waals surface area contributed by atoms with Gasteiger partial charge < -0.3 is 14.3 Å². The predicted octanol–water partition coefficient (Wildman–Crippen LogP) is 2.78. The largest absolute Gasteiger partial charge is 0.465 e. The Morgan fingerprint density at radius 3 is 2.96 bits per heavy atom. The second-order valence-electron chi connectivity index (χ2n) is 6.21. The molecule has 0 atom stereocenters. The third-order valence-corrected chi connectivity index (χ3v) is 4.49. The molecule has 134 valence electrons. The lowest BCUT2D eigenvalue weighted by molar-refractivity contribution is 0.318. The maximum atomic E-state index is 5.33. The van der Waals surface area contributed by atoms with E-state index in [9.17, 15) is 0 Å². The number of fused-ring (bicyclic) bond motifs is 1. The summed E-state index contributed by atoms with van der Waals surface area (Å²) in [6, 6.07) is 5.70. The summed E-state index contributed by atoms with van der Waals surface area (Å²) in [6.45, 7) is 3.44. The molecule has 1 aliphatic heterocycles. The summed E-state index contributed by atoms with van der Waals surface area (Å²) in [4.78, 5) is 11.3. The molecule has 0 saturated carbocycles. The van der Waals surface area contributed by atoms with Crippen molar-refractivity contribution in [1.29, 1.82) is 0 Å². The molecule has 7 nitrogen and oxygen atoms in total. The van der Waals surface area contributed by atoms with Crippen LogP contribution in [0.15, 0.2) is 52.1 Å². The van der Waals surface area contributed by atoms with Crippen LogP contribution in [-0.2, 0) is 19.4 Å². The zero-order chi connectivity index (χ0) is 17.6. The molecular formula is C19H21N5O2. The van der Waals surface area contributed by atoms with E-state index >= 15 is 0 Å². The van der Waals surface area contributed by atoms with Gasteiger partial charge in [0, 0.05) is 37.7 Å². The first-order chi connectivity index (χ1) is 12.9. The molecule has 3 aromatic rings. The van der Waals surface area contributed by atoms with Crippen molar-refractivity contribution in [3.05, 3.63) is 65.8 Å². The summed E-state index contributed by atoms with van der Waals surface area (Å²) in [5.41, 5.74) is 3.18. The number of furan rings is 1. The van der Waals surface area contributed by atoms with Crippen LogP contribution in [0.3, 0.4) is 0 Å². The molecule has 4 rings (SSSR count). The van der Waals surface area contributed by atoms with Gasteiger partial charge in [0.15, 0.2) is 0 Å². The van der Waals surface area contributed by atoms with E-state index in [0.717, 1.165) is 55.4 Å². The number of anilines is 1. The Kier molecular flexibility index (Phi) is 5.07. The molecule has 0 amide bonds. The third-order valence-electron chi connectivity index (χ3n) is 4.49. The molecule has 3 aromatic heterocycles. The SMILES string of the molecule is C(=C\c1ccco1)/CN1CCc2ncnc(NCc3ccon3)c2CC1. The highest BCUT2D eigenvalue weighted by Gasteiger charge is 2.18. The first-order valence-electron chi connectivity index (χ1n) is 8.77. The highest BCUT2D eigenvalue weighted by atomic mass is 16.5. The minimum absolute atomic E-state index is 0.593. The molecule has 0 saturated heterocycles. The van der Waals surface area contributed by atoms with Gasteiger partial charge in [-0.3, -0.25) is 4.90 Å². The van der Waals surface area contributed by atoms with Crippen LogP contribution in [0.25, 0.3) is 6.08 Å². The number of aromatic nitrogens is 3. The van der Waals surface area contributed by atoms with Crippen LogP contribution in [0.2, 0.25) is 0 Å². The van der Waals surface area contributed by atoms with Gasteiger partial charge in [-0.1, -0.05) is 11.2 Å². The van der Waals surface area contributed by atoms with E-state index in [1.165, 1.54) is 5.56 Å². The molecule has 0 aliphatic carbocycles. The Bertz CT molecular complexity index is 843. The Labute approximate surface area is 151 Å². The number of hydrogen-bond acceptors (Lipinski definition) is 7. The van der Waals surface area contributed by atoms with Gasteiger partial charge in [0.2, 0.25) is 0 Å². The zero-order valence-electron chi connectivity index (χ0n) is 14.5. The first-order valence-corrected chi connectivity index (χ1v) is 8.77. The van der Waals surface area contributed by atoms with Gasteiger partial charge in [-0.25, -0.2) is 9.97 Å². The lowest BCUT2D eigenvalue weighted by Crippen LogP contribution is -2.26. The number of hydrogen-bond donors (Lipinski definition) is 1. The fourth-order valence-electron chi connectivity index (χ4n) is 3.11. The van der Waals surface area contributed by atoms with E-state index in [-0.39, 0.29) is 0 Å². The minimum atomic E-state index is 0.593. The van der Waals surface area contributed by atoms with E-state index in [1.54, 1.807) is 18.9 Å². The van der Waals surface area contributed by atoms with Gasteiger partial charge in [0.25, 0.3) is 0 Å². The summed E-state index contributed by atoms with van der Waals surface area (Å²) in [5.74, 6) is 1.78. The van der Waals surface area contributed by atoms with Gasteiger partial charge >= 0.3 is 0 Å². The van der Waals surface area contributed by atoms with Crippen LogP contribution in [0, 0.1) is 0 Å². The lowest BCUT2D eigenvalue weighted by atomic mass is 10.1. The van der Waals surface area contributed by atoms with Crippen molar-refractivity contribution in [2.75, 3.05) is 25.0 Å². The van der Waals surface area contributed by atoms with Gasteiger partial charge in [-0.05, 0) is 24.6 Å². The van der Waals surface area contributed by atoms with Crippen molar-refractivity contribution < 1.29 is 8.94 Å². The van der Waals surface area contributed by atoms with Crippen molar-refractivity contribution in [2.45, 2.75) is 19.4 Å². The van der Waals surface area contributed by atoms with Crippen molar-refractivity contribution >= 4 is 11.9 Å². The zero-order valence-corrected chi connectivity index (χ0v) is 14.5. The minimum Gasteiger partial charge on any atom is -0.465 e. The Hall–Kier alpha value is -2.93. The maximum absolute atomic E-state index is 5.33. The number of rotatable bonds is 6. The average molecular weight is 351 g/mol. The van der Waals surface area contributed by atoms with E-state index in [1.807, 2.05) is 24.3 Å². The molecule has 0 aromatic carbocycles. The van der Waals surface area contributed by atoms with Crippen LogP contribution in [0.5, 0.6) is 0 Å². The summed E-state index contributed by atoms with van der Waals surface area (Å²) >= 11 is 0. The van der Waals surface area contributed by atoms with E-state index in [4.69, 9.17) is 8.94 Å². The van der Waals surface area contributed by atoms with Crippen molar-refractivity contribution in [3.8, 4) is 0 Å². The van der Waals surface area contributed by atoms with E-state index in [0.29, 0.717) is 6.54 Å². The van der Waals surface area contributed by atoms with Gasteiger partial charge in [0.1, 0.15) is 29.9 Å². The number of nitrogens with zero attached hydrogens (tertiary/aromatic N) is 4. The summed E-state index contributed by atoms with van der Waals surface area (Å²) in [6.07, 6.45) is 10.9. The van der Waals surface area contributed by atoms with Crippen LogP contribution >= 0.6 is 0 Å². The summed E-state index contributed by atoms with van der Waals surface area (Å²) in [7, 11) is 0. The van der Waals surface area contributed by atoms with Crippen molar-refractivity contribution in [2.24, 2.45) is 0 Å². The van der Waals surface area contributed by atoms with Crippen molar-refractivity contribution in [1.82, 2.24) is 20.0 Å². The Balaban J connectivity index is 1.38. The molecule has 0 unspecified atom stereocenters. The molecule has 4 heterocycles. The normalized spacial score (nSPS) is 15.1. The van der Waals surface area contributed by atoms with Crippen LogP contribution in [0.4, 0.5) is 5.82 Å². The van der Waals surface area contributed by atoms with Gasteiger partial charge in [-0.2, -0.15) is 0 Å². The topological polar surface area (TPSA) is 80.2 Å². The second-order valence-corrected chi connectivity index (χ2v) is 6.21. The highest BCUT2D eigenvalue weighted by molar-refractivity contribution is 5.47. The molecule has 0 radical (unpaired) electrons. The quantitative estimate of drug-likeness (QED) is 0.731. The molecule has 1 N–H and O–H groups in total. The predicted molar refractivity (Wildman–Crippen MR) is 97.5 cm³/mol. The Morgan fingerprint density at radius 2 is 2.12 bits per heavy atom. The maximum Gasteiger partial charge on any atom is 0.133 e. The molecule has 0 spiro atoms. The van der Waals surface area contributed by atoms with E-state index < -0.39 is 0 Å². The van der Waals surface area contributed by atoms with Gasteiger partial charge in [0.05, 0.1) is 18.5 Å². The smallest absolute Gasteiger partial charge is 0.133 e. The molecule has 1 aliphatic rings. The number of nitrogens with one attached hydrogen (secondary N) is 1. The van der Waals surface area contributed by atoms with Crippen molar-refractivity contribution in [3.63, 3.8) is 0 Å². The van der Waals surface area contributed by atoms with Gasteiger partial charge in [-0.15, -0.1) is 0 Å². The lowest BCUT2D eigenvalue weighted by Gasteiger charge is -2.17. The molecule has 7 heteroatoms. The monoisotopic (exact) mass is 351 g/mol. The summed E-state index contributed by atoms with van der Waals surface area (Å²) < 4.78 is 10.2. The Morgan fingerprint density at radius 1 is 1.15 bits per heavy atom.